The van der Waals surface area contributed by atoms with Gasteiger partial charge < -0.3 is 29.7 Å². The van der Waals surface area contributed by atoms with Gasteiger partial charge in [-0.1, -0.05) is 12.1 Å². The molecule has 0 bridgehead atoms. The Hall–Kier alpha value is -3.13. The number of nitrogens with zero attached hydrogens (tertiary/aromatic N) is 2. The molecule has 1 aromatic carbocycles. The van der Waals surface area contributed by atoms with E-state index < -0.39 is 18.0 Å². The second kappa shape index (κ2) is 12.9. The molecule has 10 heteroatoms. The Morgan fingerprint density at radius 2 is 1.97 bits per heavy atom. The van der Waals surface area contributed by atoms with E-state index in [1.165, 1.54) is 4.90 Å². The molecule has 1 aromatic rings. The topological polar surface area (TPSA) is 109 Å². The molecular formula is C24H32N4O6. The van der Waals surface area contributed by atoms with Gasteiger partial charge in [-0.05, 0) is 17.7 Å². The zero-order valence-corrected chi connectivity index (χ0v) is 19.5. The van der Waals surface area contributed by atoms with Crippen molar-refractivity contribution in [3.63, 3.8) is 0 Å². The summed E-state index contributed by atoms with van der Waals surface area (Å²) >= 11 is 0. The number of nitrogens with one attached hydrogen (secondary N) is 2. The fraction of sp³-hybridized carbons (Fsp3) is 0.542. The van der Waals surface area contributed by atoms with Gasteiger partial charge in [-0.3, -0.25) is 19.3 Å². The minimum atomic E-state index is -0.899. The van der Waals surface area contributed by atoms with E-state index >= 15 is 0 Å². The zero-order chi connectivity index (χ0) is 24.3. The van der Waals surface area contributed by atoms with E-state index in [9.17, 15) is 14.4 Å². The molecule has 0 aliphatic carbocycles. The number of hydrogen-bond acceptors (Lipinski definition) is 7. The number of ether oxygens (including phenoxy) is 3. The lowest BCUT2D eigenvalue weighted by Crippen LogP contribution is -2.62. The number of piperazine rings is 1. The van der Waals surface area contributed by atoms with Crippen LogP contribution in [0.2, 0.25) is 0 Å². The number of amides is 3. The summed E-state index contributed by atoms with van der Waals surface area (Å²) in [4.78, 5) is 42.4. The maximum Gasteiger partial charge on any atom is 0.249 e. The molecule has 0 unspecified atom stereocenters. The highest BCUT2D eigenvalue weighted by atomic mass is 16.5. The van der Waals surface area contributed by atoms with Crippen molar-refractivity contribution in [1.82, 2.24) is 20.4 Å². The maximum absolute atomic E-state index is 13.3. The summed E-state index contributed by atoms with van der Waals surface area (Å²) in [6.07, 6.45) is 5.47. The van der Waals surface area contributed by atoms with Crippen LogP contribution in [-0.2, 0) is 30.4 Å². The lowest BCUT2D eigenvalue weighted by Gasteiger charge is -2.41. The second-order valence-corrected chi connectivity index (χ2v) is 8.11. The molecule has 0 spiro atoms. The average Bonchev–Trinajstić information content (AvgIpc) is 2.84. The molecule has 0 radical (unpaired) electrons. The van der Waals surface area contributed by atoms with Crippen LogP contribution in [0.25, 0.3) is 0 Å². The van der Waals surface area contributed by atoms with Gasteiger partial charge in [0.2, 0.25) is 17.7 Å². The molecular weight excluding hydrogens is 440 g/mol. The molecule has 0 saturated carbocycles. The Kier molecular flexibility index (Phi) is 9.70. The molecule has 2 saturated heterocycles. The van der Waals surface area contributed by atoms with Crippen LogP contribution in [0.5, 0.6) is 5.75 Å². The molecule has 3 amide bonds. The van der Waals surface area contributed by atoms with E-state index in [0.717, 1.165) is 11.3 Å². The molecule has 2 fully saturated rings. The Balaban J connectivity index is 1.77. The number of benzene rings is 1. The number of carbonyl (C=O) groups is 3. The zero-order valence-electron chi connectivity index (χ0n) is 19.5. The minimum absolute atomic E-state index is 0.0374. The van der Waals surface area contributed by atoms with Crippen molar-refractivity contribution in [2.45, 2.75) is 25.0 Å². The standard InChI is InChI=1S/C24H32N4O6/c1-3-5-20-23(30)25-8-11-33-12-13-34-17-22(29)28-10-9-27(16-21(28)24(31)26-20)15-18-6-4-7-19(14-18)32-2/h1,4,6-7,14,20-21H,5,8-13,15-17H2,2H3,(H,25,30)(H,26,31)/t20-,21+/m1/s1. The van der Waals surface area contributed by atoms with Crippen molar-refractivity contribution >= 4 is 17.7 Å². The molecule has 2 N–H and O–H groups in total. The fourth-order valence-electron chi connectivity index (χ4n) is 3.96. The van der Waals surface area contributed by atoms with Crippen LogP contribution in [-0.4, -0.2) is 99.3 Å². The van der Waals surface area contributed by atoms with E-state index in [2.05, 4.69) is 21.5 Å². The van der Waals surface area contributed by atoms with E-state index in [1.54, 1.807) is 7.11 Å². The van der Waals surface area contributed by atoms with E-state index in [4.69, 9.17) is 20.6 Å². The number of fused-ring (bicyclic) bond motifs is 1. The van der Waals surface area contributed by atoms with E-state index in [0.29, 0.717) is 32.8 Å². The van der Waals surface area contributed by atoms with Crippen molar-refractivity contribution in [3.05, 3.63) is 29.8 Å². The Morgan fingerprint density at radius 3 is 2.76 bits per heavy atom. The first-order valence-corrected chi connectivity index (χ1v) is 11.3. The van der Waals surface area contributed by atoms with Crippen LogP contribution in [0.3, 0.4) is 0 Å². The summed E-state index contributed by atoms with van der Waals surface area (Å²) in [5.74, 6) is 2.09. The average molecular weight is 473 g/mol. The first-order chi connectivity index (χ1) is 16.5. The van der Waals surface area contributed by atoms with Crippen LogP contribution >= 0.6 is 0 Å². The van der Waals surface area contributed by atoms with Gasteiger partial charge in [0.1, 0.15) is 24.4 Å². The van der Waals surface area contributed by atoms with Gasteiger partial charge >= 0.3 is 0 Å². The predicted molar refractivity (Wildman–Crippen MR) is 124 cm³/mol. The highest BCUT2D eigenvalue weighted by molar-refractivity contribution is 5.92. The van der Waals surface area contributed by atoms with Gasteiger partial charge in [-0.2, -0.15) is 0 Å². The quantitative estimate of drug-likeness (QED) is 0.562. The maximum atomic E-state index is 13.3. The van der Waals surface area contributed by atoms with E-state index in [1.807, 2.05) is 24.3 Å². The SMILES string of the molecule is C#CC[C@H]1NC(=O)[C@@H]2CN(Cc3cccc(OC)c3)CCN2C(=O)COCCOCCNC1=O. The molecule has 2 heterocycles. The molecule has 2 aliphatic rings. The van der Waals surface area contributed by atoms with Crippen LogP contribution in [0.15, 0.2) is 24.3 Å². The van der Waals surface area contributed by atoms with Crippen LogP contribution in [0.1, 0.15) is 12.0 Å². The third-order valence-corrected chi connectivity index (χ3v) is 5.73. The van der Waals surface area contributed by atoms with Crippen molar-refractivity contribution in [2.24, 2.45) is 0 Å². The first kappa shape index (κ1) is 25.5. The monoisotopic (exact) mass is 472 g/mol. The number of terminal acetylenes is 1. The second-order valence-electron chi connectivity index (χ2n) is 8.11. The summed E-state index contributed by atoms with van der Waals surface area (Å²) in [6, 6.07) is 6.02. The van der Waals surface area contributed by atoms with Gasteiger partial charge in [0.15, 0.2) is 0 Å². The Bertz CT molecular complexity index is 902. The van der Waals surface area contributed by atoms with E-state index in [-0.39, 0.29) is 44.6 Å². The summed E-state index contributed by atoms with van der Waals surface area (Å²) in [6.45, 7) is 2.79. The first-order valence-electron chi connectivity index (χ1n) is 11.3. The largest absolute Gasteiger partial charge is 0.497 e. The Labute approximate surface area is 199 Å². The van der Waals surface area contributed by atoms with Crippen LogP contribution < -0.4 is 15.4 Å². The molecule has 184 valence electrons. The summed E-state index contributed by atoms with van der Waals surface area (Å²) in [7, 11) is 1.61. The third-order valence-electron chi connectivity index (χ3n) is 5.73. The van der Waals surface area contributed by atoms with Crippen LogP contribution in [0.4, 0.5) is 0 Å². The molecule has 3 rings (SSSR count). The fourth-order valence-corrected chi connectivity index (χ4v) is 3.96. The summed E-state index contributed by atoms with van der Waals surface area (Å²) in [5.41, 5.74) is 1.03. The lowest BCUT2D eigenvalue weighted by atomic mass is 10.1. The highest BCUT2D eigenvalue weighted by Crippen LogP contribution is 2.18. The van der Waals surface area contributed by atoms with Crippen molar-refractivity contribution in [3.8, 4) is 18.1 Å². The number of rotatable bonds is 4. The molecule has 0 aromatic heterocycles. The van der Waals surface area contributed by atoms with Gasteiger partial charge in [-0.25, -0.2) is 0 Å². The Morgan fingerprint density at radius 1 is 1.15 bits per heavy atom. The molecule has 10 nitrogen and oxygen atoms in total. The highest BCUT2D eigenvalue weighted by Gasteiger charge is 2.36. The summed E-state index contributed by atoms with van der Waals surface area (Å²) in [5, 5.41) is 5.47. The number of methoxy groups -OCH3 is 1. The predicted octanol–water partition coefficient (Wildman–Crippen LogP) is -0.621. The van der Waals surface area contributed by atoms with Crippen LogP contribution in [0, 0.1) is 12.3 Å². The lowest BCUT2D eigenvalue weighted by molar-refractivity contribution is -0.148. The minimum Gasteiger partial charge on any atom is -0.497 e. The van der Waals surface area contributed by atoms with Gasteiger partial charge in [0, 0.05) is 39.1 Å². The summed E-state index contributed by atoms with van der Waals surface area (Å²) < 4.78 is 16.1. The molecule has 2 aliphatic heterocycles. The van der Waals surface area contributed by atoms with Crippen molar-refractivity contribution in [2.75, 3.05) is 59.7 Å². The number of hydrogen-bond donors (Lipinski definition) is 2. The van der Waals surface area contributed by atoms with Crippen molar-refractivity contribution < 1.29 is 28.6 Å². The van der Waals surface area contributed by atoms with Crippen molar-refractivity contribution in [1.29, 1.82) is 0 Å². The normalized spacial score (nSPS) is 23.5. The van der Waals surface area contributed by atoms with Gasteiger partial charge in [0.05, 0.1) is 26.9 Å². The molecule has 34 heavy (non-hydrogen) atoms. The smallest absolute Gasteiger partial charge is 0.249 e. The molecule has 2 atom stereocenters. The van der Waals surface area contributed by atoms with Gasteiger partial charge in [-0.15, -0.1) is 12.3 Å². The van der Waals surface area contributed by atoms with Gasteiger partial charge in [0.25, 0.3) is 0 Å². The number of carbonyl (C=O) groups excluding carboxylic acids is 3. The third kappa shape index (κ3) is 7.18.